The Morgan fingerprint density at radius 1 is 0.641 bits per heavy atom. The van der Waals surface area contributed by atoms with E-state index < -0.39 is 0 Å². The summed E-state index contributed by atoms with van der Waals surface area (Å²) >= 11 is 0. The maximum absolute atomic E-state index is 13.3. The summed E-state index contributed by atoms with van der Waals surface area (Å²) in [4.78, 5) is 40.7. The fourth-order valence-electron chi connectivity index (χ4n) is 4.45. The third-order valence-corrected chi connectivity index (χ3v) is 6.58. The Kier molecular flexibility index (Phi) is 9.25. The number of carbonyl (C=O) groups is 3. The molecule has 0 aromatic heterocycles. The second kappa shape index (κ2) is 13.2. The normalized spacial score (nSPS) is 10.5. The van der Waals surface area contributed by atoms with Crippen LogP contribution in [0.4, 0.5) is 5.69 Å². The Balaban J connectivity index is 1.46. The number of amides is 3. The molecule has 3 amide bonds. The summed E-state index contributed by atoms with van der Waals surface area (Å²) in [7, 11) is 0. The molecule has 2 N–H and O–H groups in total. The van der Waals surface area contributed by atoms with E-state index in [1.54, 1.807) is 29.2 Å². The predicted molar refractivity (Wildman–Crippen MR) is 156 cm³/mol. The Morgan fingerprint density at radius 2 is 1.21 bits per heavy atom. The quantitative estimate of drug-likeness (QED) is 0.272. The zero-order valence-corrected chi connectivity index (χ0v) is 22.3. The van der Waals surface area contributed by atoms with Crippen molar-refractivity contribution >= 4 is 23.4 Å². The minimum absolute atomic E-state index is 0.0609. The van der Waals surface area contributed by atoms with Crippen molar-refractivity contribution in [3.8, 4) is 11.1 Å². The smallest absolute Gasteiger partial charge is 0.256 e. The number of hydrogen-bond acceptors (Lipinski definition) is 3. The highest BCUT2D eigenvalue weighted by Crippen LogP contribution is 2.29. The van der Waals surface area contributed by atoms with E-state index in [1.807, 2.05) is 92.7 Å². The van der Waals surface area contributed by atoms with E-state index in [4.69, 9.17) is 0 Å². The van der Waals surface area contributed by atoms with Crippen molar-refractivity contribution in [1.82, 2.24) is 10.2 Å². The van der Waals surface area contributed by atoms with Crippen LogP contribution in [0.5, 0.6) is 0 Å². The molecule has 6 heteroatoms. The first-order valence-corrected chi connectivity index (χ1v) is 13.2. The first-order valence-electron chi connectivity index (χ1n) is 13.2. The average Bonchev–Trinajstić information content (AvgIpc) is 2.98. The van der Waals surface area contributed by atoms with Crippen LogP contribution in [-0.4, -0.2) is 35.7 Å². The molecule has 0 spiro atoms. The van der Waals surface area contributed by atoms with Crippen LogP contribution in [0.15, 0.2) is 103 Å². The van der Waals surface area contributed by atoms with Gasteiger partial charge in [-0.2, -0.15) is 0 Å². The molecule has 0 unspecified atom stereocenters. The van der Waals surface area contributed by atoms with Gasteiger partial charge in [-0.3, -0.25) is 14.4 Å². The van der Waals surface area contributed by atoms with Gasteiger partial charge in [0.05, 0.1) is 6.42 Å². The highest BCUT2D eigenvalue weighted by molar-refractivity contribution is 6.11. The van der Waals surface area contributed by atoms with E-state index in [1.165, 1.54) is 0 Å². The van der Waals surface area contributed by atoms with Crippen LogP contribution in [0.1, 0.15) is 45.7 Å². The predicted octanol–water partition coefficient (Wildman–Crippen LogP) is 5.95. The van der Waals surface area contributed by atoms with Crippen LogP contribution in [0.2, 0.25) is 0 Å². The molecule has 198 valence electrons. The highest BCUT2D eigenvalue weighted by atomic mass is 16.2. The molecule has 6 nitrogen and oxygen atoms in total. The number of nitrogens with one attached hydrogen (secondary N) is 2. The van der Waals surface area contributed by atoms with Crippen molar-refractivity contribution in [1.29, 1.82) is 0 Å². The Labute approximate surface area is 229 Å². The molecule has 0 atom stereocenters. The fraction of sp³-hybridized carbons (Fsp3) is 0.182. The minimum atomic E-state index is -0.274. The molecular formula is C33H33N3O3. The van der Waals surface area contributed by atoms with Crippen molar-refractivity contribution in [2.45, 2.75) is 26.8 Å². The highest BCUT2D eigenvalue weighted by Gasteiger charge is 2.20. The first kappa shape index (κ1) is 27.3. The van der Waals surface area contributed by atoms with E-state index in [9.17, 15) is 14.4 Å². The topological polar surface area (TPSA) is 78.5 Å². The molecule has 0 aliphatic heterocycles. The van der Waals surface area contributed by atoms with Gasteiger partial charge in [-0.1, -0.05) is 78.9 Å². The molecule has 0 saturated heterocycles. The zero-order valence-electron chi connectivity index (χ0n) is 22.3. The number of benzene rings is 4. The second-order valence-electron chi connectivity index (χ2n) is 9.16. The van der Waals surface area contributed by atoms with Crippen molar-refractivity contribution < 1.29 is 14.4 Å². The molecule has 4 aromatic carbocycles. The summed E-state index contributed by atoms with van der Waals surface area (Å²) in [6.07, 6.45) is 0.251. The van der Waals surface area contributed by atoms with Gasteiger partial charge in [-0.15, -0.1) is 0 Å². The number of carbonyl (C=O) groups excluding carboxylic acids is 3. The zero-order chi connectivity index (χ0) is 27.6. The SMILES string of the molecule is CCN(CC)C(=O)c1ccccc1-c1ccccc1C(=O)Nc1ccc(CC(=O)NCc2ccccc2)cc1. The van der Waals surface area contributed by atoms with Gasteiger partial charge in [-0.05, 0) is 60.4 Å². The van der Waals surface area contributed by atoms with Crippen LogP contribution in [-0.2, 0) is 17.8 Å². The molecule has 0 radical (unpaired) electrons. The van der Waals surface area contributed by atoms with Crippen LogP contribution < -0.4 is 10.6 Å². The number of hydrogen-bond donors (Lipinski definition) is 2. The standard InChI is InChI=1S/C33H33N3O3/c1-3-36(4-2)33(39)30-17-11-9-15-28(30)27-14-8-10-16-29(27)32(38)35-26-20-18-24(19-21-26)22-31(37)34-23-25-12-6-5-7-13-25/h5-21H,3-4,22-23H2,1-2H3,(H,34,37)(H,35,38). The number of anilines is 1. The second-order valence-corrected chi connectivity index (χ2v) is 9.16. The largest absolute Gasteiger partial charge is 0.352 e. The van der Waals surface area contributed by atoms with E-state index in [0.29, 0.717) is 42.0 Å². The van der Waals surface area contributed by atoms with Crippen LogP contribution >= 0.6 is 0 Å². The van der Waals surface area contributed by atoms with Crippen molar-refractivity contribution in [3.05, 3.63) is 125 Å². The van der Waals surface area contributed by atoms with E-state index in [-0.39, 0.29) is 24.1 Å². The monoisotopic (exact) mass is 519 g/mol. The van der Waals surface area contributed by atoms with Gasteiger partial charge >= 0.3 is 0 Å². The van der Waals surface area contributed by atoms with E-state index in [2.05, 4.69) is 10.6 Å². The molecule has 39 heavy (non-hydrogen) atoms. The van der Waals surface area contributed by atoms with Gasteiger partial charge in [0.1, 0.15) is 0 Å². The molecule has 0 heterocycles. The minimum Gasteiger partial charge on any atom is -0.352 e. The summed E-state index contributed by atoms with van der Waals surface area (Å²) < 4.78 is 0. The van der Waals surface area contributed by atoms with Gasteiger partial charge in [0, 0.05) is 36.4 Å². The lowest BCUT2D eigenvalue weighted by atomic mass is 9.94. The molecule has 0 saturated carbocycles. The lowest BCUT2D eigenvalue weighted by molar-refractivity contribution is -0.120. The van der Waals surface area contributed by atoms with Crippen molar-refractivity contribution in [2.75, 3.05) is 18.4 Å². The molecule has 0 fully saturated rings. The molecular weight excluding hydrogens is 486 g/mol. The maximum atomic E-state index is 13.3. The number of rotatable bonds is 10. The molecule has 4 aromatic rings. The molecule has 0 aliphatic carbocycles. The van der Waals surface area contributed by atoms with Gasteiger partial charge in [0.25, 0.3) is 11.8 Å². The Hall–Kier alpha value is -4.71. The maximum Gasteiger partial charge on any atom is 0.256 e. The summed E-state index contributed by atoms with van der Waals surface area (Å²) in [5.74, 6) is -0.402. The van der Waals surface area contributed by atoms with Crippen LogP contribution in [0.25, 0.3) is 11.1 Å². The van der Waals surface area contributed by atoms with Gasteiger partial charge in [0.2, 0.25) is 5.91 Å². The molecule has 4 rings (SSSR count). The molecule has 0 aliphatic rings. The lowest BCUT2D eigenvalue weighted by Gasteiger charge is -2.21. The average molecular weight is 520 g/mol. The molecule has 0 bridgehead atoms. The summed E-state index contributed by atoms with van der Waals surface area (Å²) in [5, 5.41) is 5.88. The summed E-state index contributed by atoms with van der Waals surface area (Å²) in [6.45, 7) is 5.60. The van der Waals surface area contributed by atoms with Crippen LogP contribution in [0.3, 0.4) is 0 Å². The van der Waals surface area contributed by atoms with Crippen LogP contribution in [0, 0.1) is 0 Å². The van der Waals surface area contributed by atoms with Gasteiger partial charge < -0.3 is 15.5 Å². The van der Waals surface area contributed by atoms with Crippen molar-refractivity contribution in [3.63, 3.8) is 0 Å². The number of nitrogens with zero attached hydrogens (tertiary/aromatic N) is 1. The van der Waals surface area contributed by atoms with Crippen molar-refractivity contribution in [2.24, 2.45) is 0 Å². The van der Waals surface area contributed by atoms with E-state index >= 15 is 0 Å². The first-order chi connectivity index (χ1) is 19.0. The Morgan fingerprint density at radius 3 is 1.85 bits per heavy atom. The lowest BCUT2D eigenvalue weighted by Crippen LogP contribution is -2.30. The summed E-state index contributed by atoms with van der Waals surface area (Å²) in [5.41, 5.74) is 4.97. The third-order valence-electron chi connectivity index (χ3n) is 6.58. The Bertz CT molecular complexity index is 1430. The van der Waals surface area contributed by atoms with Gasteiger partial charge in [0.15, 0.2) is 0 Å². The third kappa shape index (κ3) is 6.99. The van der Waals surface area contributed by atoms with Gasteiger partial charge in [-0.25, -0.2) is 0 Å². The van der Waals surface area contributed by atoms with E-state index in [0.717, 1.165) is 16.7 Å². The summed E-state index contributed by atoms with van der Waals surface area (Å²) in [6, 6.07) is 31.7. The fourth-order valence-corrected chi connectivity index (χ4v) is 4.45.